The third-order valence-corrected chi connectivity index (χ3v) is 7.17. The molecule has 0 atom stereocenters. The van der Waals surface area contributed by atoms with Crippen LogP contribution >= 0.6 is 0 Å². The Morgan fingerprint density at radius 3 is 2.21 bits per heavy atom. The Morgan fingerprint density at radius 1 is 1.10 bits per heavy atom. The summed E-state index contributed by atoms with van der Waals surface area (Å²) in [5.74, 6) is 1.22. The van der Waals surface area contributed by atoms with Crippen molar-refractivity contribution in [3.8, 4) is 0 Å². The summed E-state index contributed by atoms with van der Waals surface area (Å²) in [7, 11) is 0. The van der Waals surface area contributed by atoms with Gasteiger partial charge in [-0.05, 0) is 75.5 Å². The van der Waals surface area contributed by atoms with Crippen molar-refractivity contribution in [3.63, 3.8) is 0 Å². The minimum Gasteiger partial charge on any atom is -0.456 e. The van der Waals surface area contributed by atoms with E-state index in [0.29, 0.717) is 6.54 Å². The molecule has 5 aliphatic rings. The fourth-order valence-corrected chi connectivity index (χ4v) is 6.29. The molecule has 0 radical (unpaired) electrons. The van der Waals surface area contributed by atoms with Gasteiger partial charge in [-0.15, -0.1) is 0 Å². The second-order valence-corrected chi connectivity index (χ2v) is 10.1. The minimum atomic E-state index is -0.960. The topological polar surface area (TPSA) is 105 Å². The van der Waals surface area contributed by atoms with Crippen LogP contribution in [0.2, 0.25) is 0 Å². The number of amides is 4. The SMILES string of the molecule is CC1(C)NC(=O)N(CCC(=O)OCC(=O)NCC23CC4CC(CC(C4)C2)C3)C1=O. The Morgan fingerprint density at radius 2 is 1.69 bits per heavy atom. The molecule has 0 aromatic heterocycles. The van der Waals surface area contributed by atoms with E-state index < -0.39 is 17.5 Å². The fourth-order valence-electron chi connectivity index (χ4n) is 6.29. The predicted octanol–water partition coefficient (Wildman–Crippen LogP) is 1.58. The average molecular weight is 405 g/mol. The Kier molecular flexibility index (Phi) is 5.07. The molecule has 4 saturated carbocycles. The van der Waals surface area contributed by atoms with Crippen LogP contribution < -0.4 is 10.6 Å². The van der Waals surface area contributed by atoms with Gasteiger partial charge >= 0.3 is 12.0 Å². The van der Waals surface area contributed by atoms with E-state index in [1.165, 1.54) is 38.5 Å². The lowest BCUT2D eigenvalue weighted by atomic mass is 9.49. The number of hydrogen-bond acceptors (Lipinski definition) is 5. The van der Waals surface area contributed by atoms with E-state index >= 15 is 0 Å². The standard InChI is InChI=1S/C21H31N3O5/c1-20(2)18(27)24(19(28)23-20)4-3-17(26)29-11-16(25)22-12-21-8-13-5-14(9-21)7-15(6-13)10-21/h13-15H,3-12H2,1-2H3,(H,22,25)(H,23,28). The number of ether oxygens (including phenoxy) is 1. The summed E-state index contributed by atoms with van der Waals surface area (Å²) in [5, 5.41) is 5.53. The molecule has 0 spiro atoms. The van der Waals surface area contributed by atoms with Crippen LogP contribution in [-0.2, 0) is 19.1 Å². The van der Waals surface area contributed by atoms with E-state index in [1.54, 1.807) is 13.8 Å². The first-order chi connectivity index (χ1) is 13.7. The number of carbonyl (C=O) groups excluding carboxylic acids is 4. The lowest BCUT2D eigenvalue weighted by Crippen LogP contribution is -2.51. The molecule has 4 amide bonds. The number of esters is 1. The van der Waals surface area contributed by atoms with E-state index in [0.717, 1.165) is 22.7 Å². The molecular weight excluding hydrogens is 374 g/mol. The summed E-state index contributed by atoms with van der Waals surface area (Å²) in [6.45, 7) is 3.52. The molecule has 8 nitrogen and oxygen atoms in total. The molecule has 2 N–H and O–H groups in total. The highest BCUT2D eigenvalue weighted by atomic mass is 16.5. The van der Waals surface area contributed by atoms with Gasteiger partial charge in [0.2, 0.25) is 0 Å². The highest BCUT2D eigenvalue weighted by Gasteiger charge is 2.50. The average Bonchev–Trinajstić information content (AvgIpc) is 2.82. The van der Waals surface area contributed by atoms with Gasteiger partial charge < -0.3 is 15.4 Å². The summed E-state index contributed by atoms with van der Waals surface area (Å²) in [5.41, 5.74) is -0.719. The van der Waals surface area contributed by atoms with Crippen molar-refractivity contribution in [2.24, 2.45) is 23.2 Å². The highest BCUT2D eigenvalue weighted by molar-refractivity contribution is 6.06. The van der Waals surface area contributed by atoms with E-state index in [1.807, 2.05) is 0 Å². The van der Waals surface area contributed by atoms with Crippen molar-refractivity contribution in [2.75, 3.05) is 19.7 Å². The first kappa shape index (κ1) is 20.2. The molecule has 160 valence electrons. The lowest BCUT2D eigenvalue weighted by Gasteiger charge is -2.56. The van der Waals surface area contributed by atoms with Crippen molar-refractivity contribution < 1.29 is 23.9 Å². The van der Waals surface area contributed by atoms with E-state index in [2.05, 4.69) is 10.6 Å². The number of rotatable bonds is 7. The number of nitrogens with zero attached hydrogens (tertiary/aromatic N) is 1. The number of nitrogens with one attached hydrogen (secondary N) is 2. The monoisotopic (exact) mass is 405 g/mol. The van der Waals surface area contributed by atoms with Crippen LogP contribution in [0.3, 0.4) is 0 Å². The summed E-state index contributed by atoms with van der Waals surface area (Å²) >= 11 is 0. The highest BCUT2D eigenvalue weighted by Crippen LogP contribution is 2.59. The normalized spacial score (nSPS) is 34.3. The minimum absolute atomic E-state index is 0.0537. The zero-order chi connectivity index (χ0) is 20.8. The Balaban J connectivity index is 1.17. The van der Waals surface area contributed by atoms with Gasteiger partial charge in [-0.3, -0.25) is 19.3 Å². The second kappa shape index (κ2) is 7.29. The Labute approximate surface area is 171 Å². The first-order valence-corrected chi connectivity index (χ1v) is 10.7. The third-order valence-electron chi connectivity index (χ3n) is 7.17. The maximum absolute atomic E-state index is 12.2. The Hall–Kier alpha value is -2.12. The molecule has 1 aliphatic heterocycles. The van der Waals surface area contributed by atoms with Gasteiger partial charge in [0.05, 0.1) is 6.42 Å². The molecule has 0 aromatic carbocycles. The molecule has 0 aromatic rings. The first-order valence-electron chi connectivity index (χ1n) is 10.7. The van der Waals surface area contributed by atoms with Crippen LogP contribution in [0.1, 0.15) is 58.8 Å². The van der Waals surface area contributed by atoms with Crippen LogP contribution in [0.15, 0.2) is 0 Å². The van der Waals surface area contributed by atoms with Crippen LogP contribution in [0, 0.1) is 23.2 Å². The van der Waals surface area contributed by atoms with Gasteiger partial charge in [0.15, 0.2) is 6.61 Å². The van der Waals surface area contributed by atoms with Gasteiger partial charge in [-0.25, -0.2) is 4.79 Å². The van der Waals surface area contributed by atoms with Crippen LogP contribution in [0.4, 0.5) is 4.79 Å². The molecule has 4 aliphatic carbocycles. The van der Waals surface area contributed by atoms with Crippen molar-refractivity contribution in [2.45, 2.75) is 64.3 Å². The van der Waals surface area contributed by atoms with Crippen molar-refractivity contribution >= 4 is 23.8 Å². The van der Waals surface area contributed by atoms with E-state index in [4.69, 9.17) is 4.74 Å². The molecule has 1 saturated heterocycles. The number of imide groups is 1. The summed E-state index contributed by atoms with van der Waals surface area (Å²) < 4.78 is 5.04. The summed E-state index contributed by atoms with van der Waals surface area (Å²) in [6.07, 6.45) is 7.58. The van der Waals surface area contributed by atoms with Gasteiger partial charge in [-0.1, -0.05) is 0 Å². The quantitative estimate of drug-likeness (QED) is 0.494. The Bertz CT molecular complexity index is 697. The summed E-state index contributed by atoms with van der Waals surface area (Å²) in [6, 6.07) is -0.513. The molecule has 29 heavy (non-hydrogen) atoms. The maximum Gasteiger partial charge on any atom is 0.325 e. The maximum atomic E-state index is 12.2. The van der Waals surface area contributed by atoms with Crippen LogP contribution in [0.25, 0.3) is 0 Å². The summed E-state index contributed by atoms with van der Waals surface area (Å²) in [4.78, 5) is 49.0. The van der Waals surface area contributed by atoms with Gasteiger partial charge in [0.1, 0.15) is 5.54 Å². The van der Waals surface area contributed by atoms with Crippen molar-refractivity contribution in [1.82, 2.24) is 15.5 Å². The lowest BCUT2D eigenvalue weighted by molar-refractivity contribution is -0.149. The number of urea groups is 1. The van der Waals surface area contributed by atoms with Gasteiger partial charge in [0.25, 0.3) is 11.8 Å². The van der Waals surface area contributed by atoms with Crippen molar-refractivity contribution in [1.29, 1.82) is 0 Å². The van der Waals surface area contributed by atoms with Gasteiger partial charge in [-0.2, -0.15) is 0 Å². The zero-order valence-corrected chi connectivity index (χ0v) is 17.3. The van der Waals surface area contributed by atoms with E-state index in [-0.39, 0.29) is 36.8 Å². The van der Waals surface area contributed by atoms with Crippen LogP contribution in [0.5, 0.6) is 0 Å². The largest absolute Gasteiger partial charge is 0.456 e. The smallest absolute Gasteiger partial charge is 0.325 e. The molecule has 1 heterocycles. The number of hydrogen-bond donors (Lipinski definition) is 2. The molecular formula is C21H31N3O5. The van der Waals surface area contributed by atoms with Crippen molar-refractivity contribution in [3.05, 3.63) is 0 Å². The number of carbonyl (C=O) groups is 4. The second-order valence-electron chi connectivity index (χ2n) is 10.1. The van der Waals surface area contributed by atoms with Gasteiger partial charge in [0, 0.05) is 13.1 Å². The van der Waals surface area contributed by atoms with Crippen LogP contribution in [-0.4, -0.2) is 54.0 Å². The predicted molar refractivity (Wildman–Crippen MR) is 104 cm³/mol. The molecule has 8 heteroatoms. The molecule has 5 rings (SSSR count). The zero-order valence-electron chi connectivity index (χ0n) is 17.3. The molecule has 4 bridgehead atoms. The third kappa shape index (κ3) is 4.12. The molecule has 0 unspecified atom stereocenters. The van der Waals surface area contributed by atoms with E-state index in [9.17, 15) is 19.2 Å². The molecule has 5 fully saturated rings. The fraction of sp³-hybridized carbons (Fsp3) is 0.810.